The average molecular weight is 316 g/mol. The number of likely N-dealkylation sites (tertiary alicyclic amines) is 1. The molecule has 0 spiro atoms. The van der Waals surface area contributed by atoms with E-state index in [4.69, 9.17) is 9.47 Å². The molecule has 0 aliphatic carbocycles. The maximum Gasteiger partial charge on any atom is 0.253 e. The molecule has 5 nitrogen and oxygen atoms in total. The molecular formula is C18H24N2O3. The number of rotatable bonds is 4. The SMILES string of the molecule is CNCC1CCN(C(=O)C2=Cc3cccc(OC)c3OC2)CC1. The molecule has 124 valence electrons. The highest BCUT2D eigenvalue weighted by Crippen LogP contribution is 2.35. The maximum atomic E-state index is 12.7. The predicted molar refractivity (Wildman–Crippen MR) is 89.7 cm³/mol. The Kier molecular flexibility index (Phi) is 4.86. The monoisotopic (exact) mass is 316 g/mol. The van der Waals surface area contributed by atoms with Crippen molar-refractivity contribution in [3.63, 3.8) is 0 Å². The molecule has 2 heterocycles. The van der Waals surface area contributed by atoms with Gasteiger partial charge in [0.1, 0.15) is 6.61 Å². The molecule has 23 heavy (non-hydrogen) atoms. The molecule has 1 aromatic carbocycles. The van der Waals surface area contributed by atoms with Crippen molar-refractivity contribution in [1.82, 2.24) is 10.2 Å². The number of nitrogens with one attached hydrogen (secondary N) is 1. The van der Waals surface area contributed by atoms with Gasteiger partial charge in [0.05, 0.1) is 12.7 Å². The number of hydrogen-bond donors (Lipinski definition) is 1. The van der Waals surface area contributed by atoms with Gasteiger partial charge in [-0.15, -0.1) is 0 Å². The van der Waals surface area contributed by atoms with Gasteiger partial charge in [-0.1, -0.05) is 12.1 Å². The first-order valence-electron chi connectivity index (χ1n) is 8.17. The molecule has 0 atom stereocenters. The van der Waals surface area contributed by atoms with Crippen molar-refractivity contribution in [2.75, 3.05) is 40.4 Å². The second-order valence-electron chi connectivity index (χ2n) is 6.13. The first-order valence-corrected chi connectivity index (χ1v) is 8.17. The average Bonchev–Trinajstić information content (AvgIpc) is 2.61. The van der Waals surface area contributed by atoms with Crippen LogP contribution in [0.15, 0.2) is 23.8 Å². The number of nitrogens with zero attached hydrogens (tertiary/aromatic N) is 1. The molecule has 3 rings (SSSR count). The van der Waals surface area contributed by atoms with E-state index < -0.39 is 0 Å². The molecule has 1 N–H and O–H groups in total. The standard InChI is InChI=1S/C18H24N2O3/c1-19-11-13-6-8-20(9-7-13)18(21)15-10-14-4-3-5-16(22-2)17(14)23-12-15/h3-5,10,13,19H,6-9,11-12H2,1-2H3. The predicted octanol–water partition coefficient (Wildman–Crippen LogP) is 1.93. The third-order valence-electron chi connectivity index (χ3n) is 4.60. The minimum absolute atomic E-state index is 0.0985. The van der Waals surface area contributed by atoms with Gasteiger partial charge in [0, 0.05) is 18.7 Å². The zero-order chi connectivity index (χ0) is 16.2. The number of amides is 1. The highest BCUT2D eigenvalue weighted by Gasteiger charge is 2.27. The molecule has 0 saturated carbocycles. The van der Waals surface area contributed by atoms with E-state index in [1.165, 1.54) is 0 Å². The van der Waals surface area contributed by atoms with Crippen LogP contribution < -0.4 is 14.8 Å². The zero-order valence-corrected chi connectivity index (χ0v) is 13.8. The Morgan fingerprint density at radius 3 is 2.87 bits per heavy atom. The van der Waals surface area contributed by atoms with Crippen LogP contribution >= 0.6 is 0 Å². The number of benzene rings is 1. The summed E-state index contributed by atoms with van der Waals surface area (Å²) in [6.07, 6.45) is 4.06. The van der Waals surface area contributed by atoms with Gasteiger partial charge in [-0.25, -0.2) is 0 Å². The van der Waals surface area contributed by atoms with E-state index in [-0.39, 0.29) is 5.91 Å². The molecule has 1 amide bonds. The van der Waals surface area contributed by atoms with Crippen LogP contribution in [0.2, 0.25) is 0 Å². The van der Waals surface area contributed by atoms with Crippen molar-refractivity contribution >= 4 is 12.0 Å². The molecular weight excluding hydrogens is 292 g/mol. The number of ether oxygens (including phenoxy) is 2. The third kappa shape index (κ3) is 3.34. The summed E-state index contributed by atoms with van der Waals surface area (Å²) in [5.74, 6) is 2.20. The van der Waals surface area contributed by atoms with Crippen LogP contribution in [-0.2, 0) is 4.79 Å². The van der Waals surface area contributed by atoms with Gasteiger partial charge >= 0.3 is 0 Å². The minimum Gasteiger partial charge on any atom is -0.493 e. The Hall–Kier alpha value is -2.01. The second-order valence-corrected chi connectivity index (χ2v) is 6.13. The molecule has 2 aliphatic heterocycles. The quantitative estimate of drug-likeness (QED) is 0.922. The topological polar surface area (TPSA) is 50.8 Å². The largest absolute Gasteiger partial charge is 0.493 e. The lowest BCUT2D eigenvalue weighted by Gasteiger charge is -2.33. The van der Waals surface area contributed by atoms with Crippen LogP contribution in [0, 0.1) is 5.92 Å². The smallest absolute Gasteiger partial charge is 0.253 e. The highest BCUT2D eigenvalue weighted by molar-refractivity contribution is 5.99. The first kappa shape index (κ1) is 15.9. The Labute approximate surface area is 137 Å². The number of carbonyl (C=O) groups excluding carboxylic acids is 1. The summed E-state index contributed by atoms with van der Waals surface area (Å²) in [6, 6.07) is 5.73. The van der Waals surface area contributed by atoms with Gasteiger partial charge in [0.2, 0.25) is 0 Å². The van der Waals surface area contributed by atoms with E-state index in [9.17, 15) is 4.79 Å². The molecule has 0 unspecified atom stereocenters. The van der Waals surface area contributed by atoms with Crippen molar-refractivity contribution in [2.45, 2.75) is 12.8 Å². The number of methoxy groups -OCH3 is 1. The summed E-state index contributed by atoms with van der Waals surface area (Å²) < 4.78 is 11.1. The molecule has 0 aromatic heterocycles. The van der Waals surface area contributed by atoms with Crippen molar-refractivity contribution in [3.05, 3.63) is 29.3 Å². The van der Waals surface area contributed by atoms with E-state index >= 15 is 0 Å². The molecule has 0 bridgehead atoms. The van der Waals surface area contributed by atoms with Gasteiger partial charge in [-0.3, -0.25) is 4.79 Å². The fourth-order valence-electron chi connectivity index (χ4n) is 3.30. The number of piperidine rings is 1. The van der Waals surface area contributed by atoms with Crippen LogP contribution in [0.5, 0.6) is 11.5 Å². The maximum absolute atomic E-state index is 12.7. The Bertz CT molecular complexity index is 604. The summed E-state index contributed by atoms with van der Waals surface area (Å²) in [7, 11) is 3.60. The number of hydrogen-bond acceptors (Lipinski definition) is 4. The molecule has 1 saturated heterocycles. The normalized spacial score (nSPS) is 18.0. The second kappa shape index (κ2) is 7.04. The van der Waals surface area contributed by atoms with Crippen LogP contribution in [-0.4, -0.2) is 51.2 Å². The lowest BCUT2D eigenvalue weighted by Crippen LogP contribution is -2.42. The van der Waals surface area contributed by atoms with Gasteiger partial charge in [0.25, 0.3) is 5.91 Å². The lowest BCUT2D eigenvalue weighted by molar-refractivity contribution is -0.128. The molecule has 1 fully saturated rings. The summed E-state index contributed by atoms with van der Waals surface area (Å²) in [6.45, 7) is 2.99. The number of fused-ring (bicyclic) bond motifs is 1. The fourth-order valence-corrected chi connectivity index (χ4v) is 3.30. The van der Waals surface area contributed by atoms with Crippen LogP contribution in [0.4, 0.5) is 0 Å². The lowest BCUT2D eigenvalue weighted by atomic mass is 9.96. The van der Waals surface area contributed by atoms with Gasteiger partial charge in [-0.05, 0) is 44.5 Å². The van der Waals surface area contributed by atoms with Gasteiger partial charge in [-0.2, -0.15) is 0 Å². The van der Waals surface area contributed by atoms with E-state index in [1.54, 1.807) is 7.11 Å². The fraction of sp³-hybridized carbons (Fsp3) is 0.500. The van der Waals surface area contributed by atoms with Crippen LogP contribution in [0.3, 0.4) is 0 Å². The highest BCUT2D eigenvalue weighted by atomic mass is 16.5. The number of para-hydroxylation sites is 1. The molecule has 1 aromatic rings. The van der Waals surface area contributed by atoms with E-state index in [1.807, 2.05) is 36.2 Å². The Balaban J connectivity index is 1.70. The third-order valence-corrected chi connectivity index (χ3v) is 4.60. The van der Waals surface area contributed by atoms with Gasteiger partial charge in [0.15, 0.2) is 11.5 Å². The zero-order valence-electron chi connectivity index (χ0n) is 13.8. The van der Waals surface area contributed by atoms with Crippen molar-refractivity contribution in [1.29, 1.82) is 0 Å². The summed E-state index contributed by atoms with van der Waals surface area (Å²) in [5, 5.41) is 3.22. The van der Waals surface area contributed by atoms with E-state index in [0.29, 0.717) is 18.3 Å². The summed E-state index contributed by atoms with van der Waals surface area (Å²) in [5.41, 5.74) is 1.63. The van der Waals surface area contributed by atoms with E-state index in [2.05, 4.69) is 5.32 Å². The first-order chi connectivity index (χ1) is 11.2. The van der Waals surface area contributed by atoms with Crippen molar-refractivity contribution < 1.29 is 14.3 Å². The summed E-state index contributed by atoms with van der Waals surface area (Å²) >= 11 is 0. The van der Waals surface area contributed by atoms with Crippen LogP contribution in [0.1, 0.15) is 18.4 Å². The van der Waals surface area contributed by atoms with Crippen molar-refractivity contribution in [2.24, 2.45) is 5.92 Å². The van der Waals surface area contributed by atoms with Gasteiger partial charge < -0.3 is 19.7 Å². The molecule has 5 heteroatoms. The Morgan fingerprint density at radius 1 is 1.39 bits per heavy atom. The van der Waals surface area contributed by atoms with Crippen molar-refractivity contribution in [3.8, 4) is 11.5 Å². The Morgan fingerprint density at radius 2 is 2.17 bits per heavy atom. The van der Waals surface area contributed by atoms with Crippen LogP contribution in [0.25, 0.3) is 6.08 Å². The minimum atomic E-state index is 0.0985. The summed E-state index contributed by atoms with van der Waals surface area (Å²) in [4.78, 5) is 14.7. The molecule has 0 radical (unpaired) electrons. The van der Waals surface area contributed by atoms with E-state index in [0.717, 1.165) is 49.4 Å². The molecule has 2 aliphatic rings. The number of carbonyl (C=O) groups is 1.